The fourth-order valence-corrected chi connectivity index (χ4v) is 3.95. The summed E-state index contributed by atoms with van der Waals surface area (Å²) in [6.07, 6.45) is 7.69. The van der Waals surface area contributed by atoms with Gasteiger partial charge in [-0.25, -0.2) is 19.9 Å². The van der Waals surface area contributed by atoms with Gasteiger partial charge < -0.3 is 15.4 Å². The van der Waals surface area contributed by atoms with E-state index in [2.05, 4.69) is 20.3 Å². The Morgan fingerprint density at radius 1 is 1.20 bits per heavy atom. The van der Waals surface area contributed by atoms with Crippen molar-refractivity contribution >= 4 is 16.9 Å². The molecule has 0 aliphatic heterocycles. The van der Waals surface area contributed by atoms with E-state index in [1.807, 2.05) is 6.92 Å². The van der Waals surface area contributed by atoms with E-state index in [9.17, 15) is 14.8 Å². The van der Waals surface area contributed by atoms with Crippen LogP contribution in [0.4, 0.5) is 0 Å². The number of rotatable bonds is 9. The van der Waals surface area contributed by atoms with E-state index >= 15 is 0 Å². The molecule has 0 aromatic carbocycles. The van der Waals surface area contributed by atoms with E-state index < -0.39 is 6.04 Å². The van der Waals surface area contributed by atoms with Crippen LogP contribution in [0.15, 0.2) is 66.2 Å². The molecule has 0 fully saturated rings. The monoisotopic (exact) mass is 474 g/mol. The van der Waals surface area contributed by atoms with Gasteiger partial charge in [0.15, 0.2) is 18.0 Å². The molecule has 0 aliphatic rings. The second-order valence-electron chi connectivity index (χ2n) is 7.91. The number of hydrogen-bond acceptors (Lipinski definition) is 8. The van der Waals surface area contributed by atoms with E-state index in [0.717, 1.165) is 0 Å². The summed E-state index contributed by atoms with van der Waals surface area (Å²) in [6.45, 7) is 2.99. The van der Waals surface area contributed by atoms with Crippen molar-refractivity contribution in [2.75, 3.05) is 20.1 Å². The van der Waals surface area contributed by atoms with Crippen molar-refractivity contribution in [3.8, 4) is 0 Å². The maximum atomic E-state index is 13.6. The molecule has 0 bridgehead atoms. The third-order valence-corrected chi connectivity index (χ3v) is 5.70. The first-order valence-electron chi connectivity index (χ1n) is 11.3. The van der Waals surface area contributed by atoms with Gasteiger partial charge in [-0.1, -0.05) is 6.92 Å². The van der Waals surface area contributed by atoms with Crippen LogP contribution in [-0.2, 0) is 6.54 Å². The topological polar surface area (TPSA) is 133 Å². The van der Waals surface area contributed by atoms with Gasteiger partial charge in [0, 0.05) is 37.6 Å². The summed E-state index contributed by atoms with van der Waals surface area (Å²) >= 11 is 0. The van der Waals surface area contributed by atoms with Crippen LogP contribution in [0, 0.1) is 5.21 Å². The molecule has 4 aromatic rings. The molecule has 1 unspecified atom stereocenters. The maximum Gasteiger partial charge on any atom is 0.263 e. The summed E-state index contributed by atoms with van der Waals surface area (Å²) in [5.74, 6) is 0.151. The van der Waals surface area contributed by atoms with Crippen LogP contribution in [0.1, 0.15) is 41.3 Å². The molecule has 11 heteroatoms. The molecule has 1 N–H and O–H groups in total. The third kappa shape index (κ3) is 5.14. The summed E-state index contributed by atoms with van der Waals surface area (Å²) in [5, 5.41) is 15.0. The average molecular weight is 475 g/mol. The molecular formula is C24H26N8O3. The first-order valence-corrected chi connectivity index (χ1v) is 11.3. The maximum absolute atomic E-state index is 13.6. The molecule has 4 heterocycles. The van der Waals surface area contributed by atoms with Crippen LogP contribution in [0.5, 0.6) is 0 Å². The second-order valence-corrected chi connectivity index (χ2v) is 7.91. The average Bonchev–Trinajstić information content (AvgIpc) is 2.89. The predicted octanol–water partition coefficient (Wildman–Crippen LogP) is 1.08. The van der Waals surface area contributed by atoms with Crippen LogP contribution in [-0.4, -0.2) is 55.4 Å². The van der Waals surface area contributed by atoms with Gasteiger partial charge in [-0.2, -0.15) is 4.73 Å². The highest BCUT2D eigenvalue weighted by molar-refractivity contribution is 5.94. The first-order chi connectivity index (χ1) is 17.0. The number of hydrogen-bond donors (Lipinski definition) is 1. The summed E-state index contributed by atoms with van der Waals surface area (Å²) in [5.41, 5.74) is 1.07. The number of pyridine rings is 2. The van der Waals surface area contributed by atoms with Gasteiger partial charge in [-0.15, -0.1) is 0 Å². The normalized spacial score (nSPS) is 11.9. The number of carbonyl (C=O) groups excluding carboxylic acids is 1. The van der Waals surface area contributed by atoms with Crippen LogP contribution >= 0.6 is 0 Å². The highest BCUT2D eigenvalue weighted by Gasteiger charge is 2.29. The van der Waals surface area contributed by atoms with E-state index in [0.29, 0.717) is 52.4 Å². The zero-order chi connectivity index (χ0) is 24.8. The molecule has 1 amide bonds. The number of likely N-dealkylation sites (N-methyl/N-ethyl adjacent to an activating group) is 1. The minimum Gasteiger partial charge on any atom is -0.619 e. The lowest BCUT2D eigenvalue weighted by atomic mass is 10.1. The van der Waals surface area contributed by atoms with Crippen molar-refractivity contribution in [3.63, 3.8) is 0 Å². The van der Waals surface area contributed by atoms with E-state index in [-0.39, 0.29) is 18.0 Å². The van der Waals surface area contributed by atoms with Crippen LogP contribution in [0.2, 0.25) is 0 Å². The van der Waals surface area contributed by atoms with E-state index in [4.69, 9.17) is 4.98 Å². The Morgan fingerprint density at radius 3 is 2.69 bits per heavy atom. The Morgan fingerprint density at radius 2 is 2.00 bits per heavy atom. The van der Waals surface area contributed by atoms with Gasteiger partial charge in [-0.05, 0) is 31.7 Å². The molecule has 1 atom stereocenters. The first kappa shape index (κ1) is 23.9. The summed E-state index contributed by atoms with van der Waals surface area (Å²) < 4.78 is 2.18. The second kappa shape index (κ2) is 10.8. The van der Waals surface area contributed by atoms with Crippen molar-refractivity contribution < 1.29 is 9.52 Å². The van der Waals surface area contributed by atoms with Gasteiger partial charge >= 0.3 is 0 Å². The molecule has 0 spiro atoms. The Labute approximate surface area is 201 Å². The van der Waals surface area contributed by atoms with Crippen molar-refractivity contribution in [3.05, 3.63) is 94.1 Å². The van der Waals surface area contributed by atoms with Gasteiger partial charge in [-0.3, -0.25) is 14.2 Å². The van der Waals surface area contributed by atoms with E-state index in [1.165, 1.54) is 30.9 Å². The molecule has 4 rings (SSSR count). The highest BCUT2D eigenvalue weighted by atomic mass is 16.5. The number of fused-ring (bicyclic) bond motifs is 1. The van der Waals surface area contributed by atoms with Gasteiger partial charge in [0.2, 0.25) is 0 Å². The molecule has 0 saturated heterocycles. The molecular weight excluding hydrogens is 448 g/mol. The number of nitrogens with zero attached hydrogens (tertiary/aromatic N) is 7. The Bertz CT molecular complexity index is 1360. The van der Waals surface area contributed by atoms with Gasteiger partial charge in [0.1, 0.15) is 12.2 Å². The zero-order valence-corrected chi connectivity index (χ0v) is 19.5. The standard InChI is InChI=1S/C24H26N8O3/c1-3-20(31(14-11-25-2)23(33)17-7-12-30(35)13-8-17)22-29-21-19(5-4-9-27-21)24(34)32(22)15-18-6-10-26-16-28-18/h4-10,12-13,16,20,25H,3,11,14-15H2,1-2H3. The fourth-order valence-electron chi connectivity index (χ4n) is 3.95. The molecule has 35 heavy (non-hydrogen) atoms. The molecule has 180 valence electrons. The number of amides is 1. The quantitative estimate of drug-likeness (QED) is 0.281. The van der Waals surface area contributed by atoms with Gasteiger partial charge in [0.05, 0.1) is 29.2 Å². The minimum absolute atomic E-state index is 0.167. The van der Waals surface area contributed by atoms with Crippen molar-refractivity contribution in [2.24, 2.45) is 0 Å². The zero-order valence-electron chi connectivity index (χ0n) is 19.5. The fraction of sp³-hybridized carbons (Fsp3) is 0.292. The van der Waals surface area contributed by atoms with Crippen LogP contribution in [0.25, 0.3) is 11.0 Å². The van der Waals surface area contributed by atoms with Crippen LogP contribution in [0.3, 0.4) is 0 Å². The van der Waals surface area contributed by atoms with Crippen molar-refractivity contribution in [1.82, 2.24) is 34.7 Å². The summed E-state index contributed by atoms with van der Waals surface area (Å²) in [7, 11) is 1.80. The van der Waals surface area contributed by atoms with Gasteiger partial charge in [0.25, 0.3) is 11.5 Å². The molecule has 4 aromatic heterocycles. The Balaban J connectivity index is 1.86. The molecule has 0 aliphatic carbocycles. The summed E-state index contributed by atoms with van der Waals surface area (Å²) in [6, 6.07) is 7.55. The SMILES string of the molecule is CCC(c1nc2ncccc2c(=O)n1Cc1ccncn1)N(CCNC)C(=O)c1cc[n+]([O-])cc1. The number of aromatic nitrogens is 6. The van der Waals surface area contributed by atoms with Crippen molar-refractivity contribution in [2.45, 2.75) is 25.9 Å². The largest absolute Gasteiger partial charge is 0.619 e. The van der Waals surface area contributed by atoms with Crippen molar-refractivity contribution in [1.29, 1.82) is 0 Å². The third-order valence-electron chi connectivity index (χ3n) is 5.70. The Hall–Kier alpha value is -4.25. The highest BCUT2D eigenvalue weighted by Crippen LogP contribution is 2.25. The lowest BCUT2D eigenvalue weighted by molar-refractivity contribution is -0.605. The molecule has 0 saturated carbocycles. The molecule has 11 nitrogen and oxygen atoms in total. The lowest BCUT2D eigenvalue weighted by Gasteiger charge is -2.32. The minimum atomic E-state index is -0.531. The number of carbonyl (C=O) groups is 1. The molecule has 0 radical (unpaired) electrons. The number of nitrogens with one attached hydrogen (secondary N) is 1. The van der Waals surface area contributed by atoms with Crippen LogP contribution < -0.4 is 15.6 Å². The summed E-state index contributed by atoms with van der Waals surface area (Å²) in [4.78, 5) is 46.1. The predicted molar refractivity (Wildman–Crippen MR) is 128 cm³/mol. The Kier molecular flexibility index (Phi) is 7.36. The lowest BCUT2D eigenvalue weighted by Crippen LogP contribution is -2.42. The smallest absolute Gasteiger partial charge is 0.263 e. The van der Waals surface area contributed by atoms with E-state index in [1.54, 1.807) is 47.1 Å².